The number of nitrogen functional groups attached to an aromatic ring is 1. The van der Waals surface area contributed by atoms with Crippen LogP contribution >= 0.6 is 0 Å². The van der Waals surface area contributed by atoms with Gasteiger partial charge in [-0.05, 0) is 30.4 Å². The molecule has 0 radical (unpaired) electrons. The summed E-state index contributed by atoms with van der Waals surface area (Å²) < 4.78 is 0. The summed E-state index contributed by atoms with van der Waals surface area (Å²) in [5.74, 6) is 0.421. The molecule has 98 valence electrons. The Bertz CT molecular complexity index is 445. The number of hydrogen-bond acceptors (Lipinski definition) is 3. The zero-order chi connectivity index (χ0) is 13.1. The third-order valence-corrected chi connectivity index (χ3v) is 3.93. The van der Waals surface area contributed by atoms with Crippen molar-refractivity contribution in [3.05, 3.63) is 23.8 Å². The number of aromatic carboxylic acids is 1. The van der Waals surface area contributed by atoms with E-state index in [9.17, 15) is 4.79 Å². The molecule has 0 spiro atoms. The molecule has 0 aromatic heterocycles. The van der Waals surface area contributed by atoms with Gasteiger partial charge in [-0.2, -0.15) is 0 Å². The summed E-state index contributed by atoms with van der Waals surface area (Å²) in [5, 5.41) is 12.3. The molecule has 0 bridgehead atoms. The molecular weight excluding hydrogens is 228 g/mol. The molecule has 0 heterocycles. The SMILES string of the molecule is CC1CCCC1CNc1cccc(C(=O)O)c1N. The predicted octanol–water partition coefficient (Wildman–Crippen LogP) is 2.82. The average molecular weight is 248 g/mol. The first-order valence-corrected chi connectivity index (χ1v) is 6.45. The number of benzene rings is 1. The Labute approximate surface area is 107 Å². The maximum atomic E-state index is 11.0. The second kappa shape index (κ2) is 5.29. The van der Waals surface area contributed by atoms with Crippen LogP contribution in [0.3, 0.4) is 0 Å². The van der Waals surface area contributed by atoms with Crippen molar-refractivity contribution in [3.8, 4) is 0 Å². The second-order valence-electron chi connectivity index (χ2n) is 5.12. The highest BCUT2D eigenvalue weighted by atomic mass is 16.4. The van der Waals surface area contributed by atoms with Crippen LogP contribution in [0.25, 0.3) is 0 Å². The summed E-state index contributed by atoms with van der Waals surface area (Å²) in [6.45, 7) is 3.14. The summed E-state index contributed by atoms with van der Waals surface area (Å²) in [4.78, 5) is 11.0. The summed E-state index contributed by atoms with van der Waals surface area (Å²) in [6.07, 6.45) is 3.82. The lowest BCUT2D eigenvalue weighted by Gasteiger charge is -2.18. The molecule has 1 fully saturated rings. The van der Waals surface area contributed by atoms with E-state index in [0.717, 1.165) is 18.2 Å². The molecule has 18 heavy (non-hydrogen) atoms. The zero-order valence-corrected chi connectivity index (χ0v) is 10.6. The fourth-order valence-electron chi connectivity index (χ4n) is 2.67. The molecule has 2 atom stereocenters. The monoisotopic (exact) mass is 248 g/mol. The Morgan fingerprint density at radius 3 is 2.89 bits per heavy atom. The molecule has 0 aliphatic heterocycles. The third-order valence-electron chi connectivity index (χ3n) is 3.93. The summed E-state index contributed by atoms with van der Waals surface area (Å²) in [7, 11) is 0. The fourth-order valence-corrected chi connectivity index (χ4v) is 2.67. The van der Waals surface area contributed by atoms with Crippen LogP contribution < -0.4 is 11.1 Å². The molecule has 4 nitrogen and oxygen atoms in total. The van der Waals surface area contributed by atoms with E-state index in [1.807, 2.05) is 6.07 Å². The largest absolute Gasteiger partial charge is 0.478 e. The fraction of sp³-hybridized carbons (Fsp3) is 0.500. The van der Waals surface area contributed by atoms with Gasteiger partial charge in [-0.1, -0.05) is 25.8 Å². The van der Waals surface area contributed by atoms with Crippen LogP contribution in [-0.2, 0) is 0 Å². The molecule has 1 saturated carbocycles. The smallest absolute Gasteiger partial charge is 0.337 e. The van der Waals surface area contributed by atoms with E-state index >= 15 is 0 Å². The number of carboxylic acid groups (broad SMARTS) is 1. The molecule has 0 saturated heterocycles. The van der Waals surface area contributed by atoms with Gasteiger partial charge in [-0.3, -0.25) is 0 Å². The van der Waals surface area contributed by atoms with Crippen LogP contribution in [0.4, 0.5) is 11.4 Å². The minimum atomic E-state index is -0.981. The number of rotatable bonds is 4. The van der Waals surface area contributed by atoms with E-state index in [4.69, 9.17) is 10.8 Å². The summed E-state index contributed by atoms with van der Waals surface area (Å²) >= 11 is 0. The molecule has 2 rings (SSSR count). The van der Waals surface area contributed by atoms with E-state index in [2.05, 4.69) is 12.2 Å². The number of carboxylic acids is 1. The van der Waals surface area contributed by atoms with Crippen LogP contribution in [0.5, 0.6) is 0 Å². The number of hydrogen-bond donors (Lipinski definition) is 3. The van der Waals surface area contributed by atoms with Gasteiger partial charge in [0.25, 0.3) is 0 Å². The van der Waals surface area contributed by atoms with E-state index in [-0.39, 0.29) is 5.56 Å². The van der Waals surface area contributed by atoms with Crippen molar-refractivity contribution in [2.45, 2.75) is 26.2 Å². The molecule has 4 N–H and O–H groups in total. The van der Waals surface area contributed by atoms with Gasteiger partial charge >= 0.3 is 5.97 Å². The molecule has 1 aliphatic rings. The van der Waals surface area contributed by atoms with Crippen molar-refractivity contribution >= 4 is 17.3 Å². The number of nitrogens with one attached hydrogen (secondary N) is 1. The van der Waals surface area contributed by atoms with Crippen molar-refractivity contribution in [3.63, 3.8) is 0 Å². The predicted molar refractivity (Wildman–Crippen MR) is 72.8 cm³/mol. The van der Waals surface area contributed by atoms with Crippen LogP contribution in [-0.4, -0.2) is 17.6 Å². The summed E-state index contributed by atoms with van der Waals surface area (Å²) in [6, 6.07) is 5.09. The molecule has 1 aromatic carbocycles. The Balaban J connectivity index is 2.05. The molecule has 1 aliphatic carbocycles. The maximum Gasteiger partial charge on any atom is 0.337 e. The minimum Gasteiger partial charge on any atom is -0.478 e. The normalized spacial score (nSPS) is 22.9. The highest BCUT2D eigenvalue weighted by Crippen LogP contribution is 2.32. The van der Waals surface area contributed by atoms with Gasteiger partial charge in [0.05, 0.1) is 16.9 Å². The molecule has 4 heteroatoms. The van der Waals surface area contributed by atoms with E-state index in [0.29, 0.717) is 11.6 Å². The molecule has 2 unspecified atom stereocenters. The van der Waals surface area contributed by atoms with Gasteiger partial charge in [0.1, 0.15) is 0 Å². The topological polar surface area (TPSA) is 75.3 Å². The lowest BCUT2D eigenvalue weighted by Crippen LogP contribution is -2.17. The second-order valence-corrected chi connectivity index (χ2v) is 5.12. The number of para-hydroxylation sites is 1. The van der Waals surface area contributed by atoms with E-state index in [1.165, 1.54) is 25.3 Å². The molecule has 0 amide bonds. The Kier molecular flexibility index (Phi) is 3.75. The van der Waals surface area contributed by atoms with Gasteiger partial charge in [-0.25, -0.2) is 4.79 Å². The number of nitrogens with two attached hydrogens (primary N) is 1. The lowest BCUT2D eigenvalue weighted by molar-refractivity contribution is 0.0698. The van der Waals surface area contributed by atoms with Crippen molar-refractivity contribution in [2.75, 3.05) is 17.6 Å². The van der Waals surface area contributed by atoms with Crippen LogP contribution in [0.1, 0.15) is 36.5 Å². The zero-order valence-electron chi connectivity index (χ0n) is 10.6. The van der Waals surface area contributed by atoms with Crippen LogP contribution in [0.15, 0.2) is 18.2 Å². The Hall–Kier alpha value is -1.71. The van der Waals surface area contributed by atoms with Crippen molar-refractivity contribution in [1.82, 2.24) is 0 Å². The minimum absolute atomic E-state index is 0.166. The number of anilines is 2. The Morgan fingerprint density at radius 2 is 2.28 bits per heavy atom. The Morgan fingerprint density at radius 1 is 1.50 bits per heavy atom. The first-order chi connectivity index (χ1) is 8.59. The van der Waals surface area contributed by atoms with Crippen LogP contribution in [0.2, 0.25) is 0 Å². The first-order valence-electron chi connectivity index (χ1n) is 6.45. The van der Waals surface area contributed by atoms with E-state index < -0.39 is 5.97 Å². The van der Waals surface area contributed by atoms with E-state index in [1.54, 1.807) is 6.07 Å². The van der Waals surface area contributed by atoms with Crippen molar-refractivity contribution < 1.29 is 9.90 Å². The molecular formula is C14H20N2O2. The maximum absolute atomic E-state index is 11.0. The number of carbonyl (C=O) groups is 1. The van der Waals surface area contributed by atoms with Gasteiger partial charge in [0, 0.05) is 6.54 Å². The quantitative estimate of drug-likeness (QED) is 0.716. The highest BCUT2D eigenvalue weighted by Gasteiger charge is 2.23. The average Bonchev–Trinajstić information content (AvgIpc) is 2.73. The van der Waals surface area contributed by atoms with Gasteiger partial charge in [-0.15, -0.1) is 0 Å². The van der Waals surface area contributed by atoms with Crippen LogP contribution in [0, 0.1) is 11.8 Å². The first kappa shape index (κ1) is 12.7. The van der Waals surface area contributed by atoms with Crippen molar-refractivity contribution in [2.24, 2.45) is 11.8 Å². The van der Waals surface area contributed by atoms with Crippen molar-refractivity contribution in [1.29, 1.82) is 0 Å². The summed E-state index contributed by atoms with van der Waals surface area (Å²) in [5.41, 5.74) is 7.09. The van der Waals surface area contributed by atoms with Gasteiger partial charge < -0.3 is 16.2 Å². The third kappa shape index (κ3) is 2.58. The molecule has 1 aromatic rings. The standard InChI is InChI=1S/C14H20N2O2/c1-9-4-2-5-10(9)8-16-12-7-3-6-11(13(12)15)14(17)18/h3,6-7,9-10,16H,2,4-5,8,15H2,1H3,(H,17,18). The van der Waals surface area contributed by atoms with Gasteiger partial charge in [0.15, 0.2) is 0 Å². The van der Waals surface area contributed by atoms with Gasteiger partial charge in [0.2, 0.25) is 0 Å². The lowest BCUT2D eigenvalue weighted by atomic mass is 9.98. The highest BCUT2D eigenvalue weighted by molar-refractivity contribution is 5.97.